The Labute approximate surface area is 168 Å². The maximum Gasteiger partial charge on any atom is 0.268 e. The number of carbonyl (C=O) groups excluding carboxylic acids is 2. The van der Waals surface area contributed by atoms with Crippen LogP contribution in [0.1, 0.15) is 39.3 Å². The molecule has 0 fully saturated rings. The van der Waals surface area contributed by atoms with Crippen LogP contribution in [0.15, 0.2) is 77.8 Å². The SMILES string of the molecule is Cc1ccccc1[C@@H](C)NC(=O)/C(=C/c1cccs1)NC(=O)c1ccccc1. The van der Waals surface area contributed by atoms with Crippen LogP contribution in [-0.4, -0.2) is 11.8 Å². The highest BCUT2D eigenvalue weighted by molar-refractivity contribution is 7.10. The Morgan fingerprint density at radius 2 is 1.68 bits per heavy atom. The minimum absolute atomic E-state index is 0.186. The zero-order valence-electron chi connectivity index (χ0n) is 15.8. The van der Waals surface area contributed by atoms with Crippen molar-refractivity contribution >= 4 is 29.2 Å². The topological polar surface area (TPSA) is 58.2 Å². The molecule has 0 aliphatic carbocycles. The van der Waals surface area contributed by atoms with Gasteiger partial charge in [0.15, 0.2) is 0 Å². The maximum atomic E-state index is 12.9. The summed E-state index contributed by atoms with van der Waals surface area (Å²) >= 11 is 1.50. The summed E-state index contributed by atoms with van der Waals surface area (Å²) in [7, 11) is 0. The van der Waals surface area contributed by atoms with Gasteiger partial charge in [0.05, 0.1) is 6.04 Å². The number of hydrogen-bond donors (Lipinski definition) is 2. The van der Waals surface area contributed by atoms with Crippen LogP contribution in [-0.2, 0) is 4.79 Å². The zero-order chi connectivity index (χ0) is 19.9. The molecule has 0 saturated carbocycles. The molecule has 0 radical (unpaired) electrons. The van der Waals surface area contributed by atoms with Gasteiger partial charge < -0.3 is 10.6 Å². The summed E-state index contributed by atoms with van der Waals surface area (Å²) in [6.45, 7) is 3.94. The average Bonchev–Trinajstić information content (AvgIpc) is 3.21. The van der Waals surface area contributed by atoms with Crippen molar-refractivity contribution in [2.75, 3.05) is 0 Å². The number of hydrogen-bond acceptors (Lipinski definition) is 3. The van der Waals surface area contributed by atoms with E-state index in [1.807, 2.05) is 61.7 Å². The van der Waals surface area contributed by atoms with E-state index in [2.05, 4.69) is 10.6 Å². The first-order chi connectivity index (χ1) is 13.5. The molecule has 2 amide bonds. The highest BCUT2D eigenvalue weighted by Gasteiger charge is 2.18. The van der Waals surface area contributed by atoms with E-state index in [1.54, 1.807) is 30.3 Å². The standard InChI is InChI=1S/C23H22N2O2S/c1-16-9-6-7-13-20(16)17(2)24-23(27)21(15-19-12-8-14-28-19)25-22(26)18-10-4-3-5-11-18/h3-15,17H,1-2H3,(H,24,27)(H,25,26)/b21-15-/t17-/m1/s1. The maximum absolute atomic E-state index is 12.9. The Balaban J connectivity index is 1.81. The van der Waals surface area contributed by atoms with Crippen molar-refractivity contribution < 1.29 is 9.59 Å². The third kappa shape index (κ3) is 4.96. The van der Waals surface area contributed by atoms with Crippen molar-refractivity contribution in [2.24, 2.45) is 0 Å². The molecule has 1 aromatic heterocycles. The van der Waals surface area contributed by atoms with Gasteiger partial charge in [0, 0.05) is 10.4 Å². The number of benzene rings is 2. The fourth-order valence-electron chi connectivity index (χ4n) is 2.88. The molecule has 0 aliphatic heterocycles. The molecule has 2 aromatic carbocycles. The Morgan fingerprint density at radius 3 is 2.36 bits per heavy atom. The average molecular weight is 391 g/mol. The smallest absolute Gasteiger partial charge is 0.268 e. The minimum atomic E-state index is -0.326. The molecular weight excluding hydrogens is 368 g/mol. The number of carbonyl (C=O) groups is 2. The number of aryl methyl sites for hydroxylation is 1. The molecule has 1 heterocycles. The van der Waals surface area contributed by atoms with Crippen molar-refractivity contribution in [2.45, 2.75) is 19.9 Å². The fourth-order valence-corrected chi connectivity index (χ4v) is 3.54. The third-order valence-electron chi connectivity index (χ3n) is 4.36. The van der Waals surface area contributed by atoms with Crippen molar-refractivity contribution in [3.05, 3.63) is 99.4 Å². The van der Waals surface area contributed by atoms with Gasteiger partial charge in [-0.25, -0.2) is 0 Å². The predicted octanol–water partition coefficient (Wildman–Crippen LogP) is 4.70. The van der Waals surface area contributed by atoms with Gasteiger partial charge in [0.2, 0.25) is 0 Å². The van der Waals surface area contributed by atoms with Crippen molar-refractivity contribution in [3.63, 3.8) is 0 Å². The molecule has 3 aromatic rings. The van der Waals surface area contributed by atoms with E-state index in [1.165, 1.54) is 11.3 Å². The van der Waals surface area contributed by atoms with E-state index >= 15 is 0 Å². The minimum Gasteiger partial charge on any atom is -0.344 e. The summed E-state index contributed by atoms with van der Waals surface area (Å²) < 4.78 is 0. The summed E-state index contributed by atoms with van der Waals surface area (Å²) in [5.41, 5.74) is 2.86. The Kier molecular flexibility index (Phi) is 6.40. The van der Waals surface area contributed by atoms with Gasteiger partial charge in [-0.2, -0.15) is 0 Å². The normalized spacial score (nSPS) is 12.3. The molecule has 0 bridgehead atoms. The molecule has 5 heteroatoms. The van der Waals surface area contributed by atoms with Crippen LogP contribution in [0.2, 0.25) is 0 Å². The van der Waals surface area contributed by atoms with E-state index in [0.29, 0.717) is 5.56 Å². The highest BCUT2D eigenvalue weighted by Crippen LogP contribution is 2.18. The number of rotatable bonds is 6. The van der Waals surface area contributed by atoms with Gasteiger partial charge in [-0.15, -0.1) is 11.3 Å². The van der Waals surface area contributed by atoms with Gasteiger partial charge in [0.1, 0.15) is 5.70 Å². The van der Waals surface area contributed by atoms with E-state index in [0.717, 1.165) is 16.0 Å². The van der Waals surface area contributed by atoms with Gasteiger partial charge in [0.25, 0.3) is 11.8 Å². The van der Waals surface area contributed by atoms with Crippen molar-refractivity contribution in [1.82, 2.24) is 10.6 Å². The molecule has 4 nitrogen and oxygen atoms in total. The van der Waals surface area contributed by atoms with Crippen LogP contribution in [0.25, 0.3) is 6.08 Å². The van der Waals surface area contributed by atoms with Gasteiger partial charge in [-0.3, -0.25) is 9.59 Å². The second-order valence-corrected chi connectivity index (χ2v) is 7.42. The van der Waals surface area contributed by atoms with Gasteiger partial charge >= 0.3 is 0 Å². The Morgan fingerprint density at radius 1 is 0.964 bits per heavy atom. The molecular formula is C23H22N2O2S. The highest BCUT2D eigenvalue weighted by atomic mass is 32.1. The summed E-state index contributed by atoms with van der Waals surface area (Å²) in [5, 5.41) is 7.68. The Bertz CT molecular complexity index is 979. The summed E-state index contributed by atoms with van der Waals surface area (Å²) in [6.07, 6.45) is 1.70. The molecule has 142 valence electrons. The molecule has 3 rings (SSSR count). The Hall–Kier alpha value is -3.18. The van der Waals surface area contributed by atoms with Crippen LogP contribution < -0.4 is 10.6 Å². The molecule has 0 saturated heterocycles. The zero-order valence-corrected chi connectivity index (χ0v) is 16.6. The van der Waals surface area contributed by atoms with E-state index in [-0.39, 0.29) is 23.6 Å². The number of thiophene rings is 1. The fraction of sp³-hybridized carbons (Fsp3) is 0.130. The van der Waals surface area contributed by atoms with Crippen LogP contribution in [0, 0.1) is 6.92 Å². The van der Waals surface area contributed by atoms with Gasteiger partial charge in [-0.05, 0) is 54.6 Å². The molecule has 28 heavy (non-hydrogen) atoms. The number of amides is 2. The lowest BCUT2D eigenvalue weighted by Crippen LogP contribution is -2.36. The summed E-state index contributed by atoms with van der Waals surface area (Å²) in [6, 6.07) is 20.4. The van der Waals surface area contributed by atoms with Crippen LogP contribution in [0.5, 0.6) is 0 Å². The van der Waals surface area contributed by atoms with Crippen LogP contribution in [0.4, 0.5) is 0 Å². The lowest BCUT2D eigenvalue weighted by Gasteiger charge is -2.18. The second kappa shape index (κ2) is 9.15. The summed E-state index contributed by atoms with van der Waals surface area (Å²) in [4.78, 5) is 26.4. The van der Waals surface area contributed by atoms with Crippen molar-refractivity contribution in [3.8, 4) is 0 Å². The number of nitrogens with one attached hydrogen (secondary N) is 2. The molecule has 1 atom stereocenters. The molecule has 0 spiro atoms. The first kappa shape index (κ1) is 19.6. The first-order valence-electron chi connectivity index (χ1n) is 9.02. The van der Waals surface area contributed by atoms with Gasteiger partial charge in [-0.1, -0.05) is 48.5 Å². The third-order valence-corrected chi connectivity index (χ3v) is 5.18. The van der Waals surface area contributed by atoms with E-state index < -0.39 is 0 Å². The van der Waals surface area contributed by atoms with Crippen molar-refractivity contribution in [1.29, 1.82) is 0 Å². The van der Waals surface area contributed by atoms with E-state index in [9.17, 15) is 9.59 Å². The predicted molar refractivity (Wildman–Crippen MR) is 114 cm³/mol. The molecule has 0 aliphatic rings. The lowest BCUT2D eigenvalue weighted by atomic mass is 10.0. The van der Waals surface area contributed by atoms with Crippen LogP contribution >= 0.6 is 11.3 Å². The molecule has 2 N–H and O–H groups in total. The lowest BCUT2D eigenvalue weighted by molar-refractivity contribution is -0.118. The molecule has 0 unspecified atom stereocenters. The quantitative estimate of drug-likeness (QED) is 0.599. The largest absolute Gasteiger partial charge is 0.344 e. The van der Waals surface area contributed by atoms with E-state index in [4.69, 9.17) is 0 Å². The van der Waals surface area contributed by atoms with Crippen LogP contribution in [0.3, 0.4) is 0 Å². The first-order valence-corrected chi connectivity index (χ1v) is 9.90. The summed E-state index contributed by atoms with van der Waals surface area (Å²) in [5.74, 6) is -0.643. The monoisotopic (exact) mass is 390 g/mol. The second-order valence-electron chi connectivity index (χ2n) is 6.45.